The minimum atomic E-state index is -0.203. The van der Waals surface area contributed by atoms with Gasteiger partial charge in [0.2, 0.25) is 0 Å². The zero-order valence-corrected chi connectivity index (χ0v) is 17.2. The predicted molar refractivity (Wildman–Crippen MR) is 120 cm³/mol. The van der Waals surface area contributed by atoms with E-state index in [0.717, 1.165) is 28.5 Å². The largest absolute Gasteiger partial charge is 0.494 e. The smallest absolute Gasteiger partial charge is 0.257 e. The Labute approximate surface area is 178 Å². The van der Waals surface area contributed by atoms with Crippen LogP contribution in [-0.4, -0.2) is 17.5 Å². The zero-order valence-electron chi connectivity index (χ0n) is 16.4. The maximum Gasteiger partial charge on any atom is 0.257 e. The van der Waals surface area contributed by atoms with Crippen LogP contribution in [-0.2, 0) is 0 Å². The first kappa shape index (κ1) is 19.7. The van der Waals surface area contributed by atoms with E-state index in [1.54, 1.807) is 24.3 Å². The van der Waals surface area contributed by atoms with E-state index >= 15 is 0 Å². The highest BCUT2D eigenvalue weighted by molar-refractivity contribution is 7.14. The van der Waals surface area contributed by atoms with Crippen molar-refractivity contribution < 1.29 is 14.3 Å². The van der Waals surface area contributed by atoms with E-state index in [0.29, 0.717) is 17.3 Å². The van der Waals surface area contributed by atoms with Crippen LogP contribution >= 0.6 is 11.3 Å². The molecule has 0 aliphatic rings. The number of aromatic nitrogens is 1. The van der Waals surface area contributed by atoms with Crippen LogP contribution in [0.25, 0.3) is 11.3 Å². The molecule has 1 heterocycles. The standard InChI is InChI=1S/C24H20N2O3S/c1-2-28-19-12-10-18(11-13-19)23(27)26-24-25-22(16-30-24)17-8-14-21(15-9-17)29-20-6-4-3-5-7-20/h3-16H,2H2,1H3,(H,25,26,27). The molecule has 0 unspecified atom stereocenters. The summed E-state index contributed by atoms with van der Waals surface area (Å²) >= 11 is 1.39. The molecule has 150 valence electrons. The van der Waals surface area contributed by atoms with Crippen molar-refractivity contribution in [3.8, 4) is 28.5 Å². The molecule has 1 aromatic heterocycles. The van der Waals surface area contributed by atoms with Gasteiger partial charge in [-0.3, -0.25) is 10.1 Å². The average Bonchev–Trinajstić information content (AvgIpc) is 3.24. The fourth-order valence-electron chi connectivity index (χ4n) is 2.82. The fraction of sp³-hybridized carbons (Fsp3) is 0.0833. The number of carbonyl (C=O) groups excluding carboxylic acids is 1. The summed E-state index contributed by atoms with van der Waals surface area (Å²) in [6.07, 6.45) is 0. The molecule has 0 aliphatic carbocycles. The number of nitrogens with zero attached hydrogens (tertiary/aromatic N) is 1. The summed E-state index contributed by atoms with van der Waals surface area (Å²) in [7, 11) is 0. The fourth-order valence-corrected chi connectivity index (χ4v) is 3.54. The second-order valence-electron chi connectivity index (χ2n) is 6.39. The Bertz CT molecular complexity index is 1110. The molecule has 0 saturated heterocycles. The van der Waals surface area contributed by atoms with E-state index in [4.69, 9.17) is 9.47 Å². The molecule has 5 nitrogen and oxygen atoms in total. The number of thiazole rings is 1. The van der Waals surface area contributed by atoms with Gasteiger partial charge in [0.15, 0.2) is 5.13 Å². The van der Waals surface area contributed by atoms with E-state index in [1.165, 1.54) is 11.3 Å². The van der Waals surface area contributed by atoms with Gasteiger partial charge in [0, 0.05) is 16.5 Å². The van der Waals surface area contributed by atoms with E-state index in [2.05, 4.69) is 10.3 Å². The third-order valence-electron chi connectivity index (χ3n) is 4.28. The van der Waals surface area contributed by atoms with Crippen LogP contribution in [0.4, 0.5) is 5.13 Å². The number of rotatable bonds is 7. The molecule has 1 N–H and O–H groups in total. The highest BCUT2D eigenvalue weighted by Gasteiger charge is 2.10. The van der Waals surface area contributed by atoms with Gasteiger partial charge in [0.1, 0.15) is 17.2 Å². The van der Waals surface area contributed by atoms with Crippen LogP contribution in [0.2, 0.25) is 0 Å². The van der Waals surface area contributed by atoms with E-state index < -0.39 is 0 Å². The number of hydrogen-bond acceptors (Lipinski definition) is 5. The molecule has 30 heavy (non-hydrogen) atoms. The van der Waals surface area contributed by atoms with Gasteiger partial charge in [-0.1, -0.05) is 18.2 Å². The minimum Gasteiger partial charge on any atom is -0.494 e. The zero-order chi connectivity index (χ0) is 20.8. The molecule has 0 aliphatic heterocycles. The van der Waals surface area contributed by atoms with E-state index in [9.17, 15) is 4.79 Å². The number of hydrogen-bond donors (Lipinski definition) is 1. The van der Waals surface area contributed by atoms with Gasteiger partial charge in [-0.15, -0.1) is 11.3 Å². The lowest BCUT2D eigenvalue weighted by molar-refractivity contribution is 0.102. The SMILES string of the molecule is CCOc1ccc(C(=O)Nc2nc(-c3ccc(Oc4ccccc4)cc3)cs2)cc1. The van der Waals surface area contributed by atoms with Gasteiger partial charge in [0.05, 0.1) is 12.3 Å². The highest BCUT2D eigenvalue weighted by Crippen LogP contribution is 2.28. The number of anilines is 1. The molecule has 0 fully saturated rings. The van der Waals surface area contributed by atoms with Crippen molar-refractivity contribution in [2.24, 2.45) is 0 Å². The number of carbonyl (C=O) groups is 1. The summed E-state index contributed by atoms with van der Waals surface area (Å²) in [5, 5.41) is 5.31. The van der Waals surface area contributed by atoms with Gasteiger partial charge in [-0.05, 0) is 67.6 Å². The maximum atomic E-state index is 12.4. The second kappa shape index (κ2) is 9.24. The Balaban J connectivity index is 1.40. The lowest BCUT2D eigenvalue weighted by Gasteiger charge is -2.06. The topological polar surface area (TPSA) is 60.5 Å². The van der Waals surface area contributed by atoms with Crippen molar-refractivity contribution >= 4 is 22.4 Å². The van der Waals surface area contributed by atoms with Crippen molar-refractivity contribution in [1.82, 2.24) is 4.98 Å². The van der Waals surface area contributed by atoms with Gasteiger partial charge < -0.3 is 9.47 Å². The van der Waals surface area contributed by atoms with Crippen molar-refractivity contribution in [1.29, 1.82) is 0 Å². The number of para-hydroxylation sites is 1. The number of ether oxygens (including phenoxy) is 2. The summed E-state index contributed by atoms with van der Waals surface area (Å²) in [5.41, 5.74) is 2.30. The van der Waals surface area contributed by atoms with E-state index in [-0.39, 0.29) is 5.91 Å². The van der Waals surface area contributed by atoms with Crippen LogP contribution in [0.15, 0.2) is 84.2 Å². The first-order valence-electron chi connectivity index (χ1n) is 9.54. The first-order chi connectivity index (χ1) is 14.7. The number of benzene rings is 3. The molecule has 6 heteroatoms. The highest BCUT2D eigenvalue weighted by atomic mass is 32.1. The molecule has 0 saturated carbocycles. The van der Waals surface area contributed by atoms with Crippen LogP contribution in [0.3, 0.4) is 0 Å². The van der Waals surface area contributed by atoms with Crippen molar-refractivity contribution in [2.45, 2.75) is 6.92 Å². The average molecular weight is 417 g/mol. The normalized spacial score (nSPS) is 10.4. The summed E-state index contributed by atoms with van der Waals surface area (Å²) < 4.78 is 11.2. The summed E-state index contributed by atoms with van der Waals surface area (Å²) in [6, 6.07) is 24.4. The van der Waals surface area contributed by atoms with Crippen molar-refractivity contribution in [3.05, 3.63) is 89.8 Å². The molecule has 0 radical (unpaired) electrons. The summed E-state index contributed by atoms with van der Waals surface area (Å²) in [4.78, 5) is 17.0. The molecule has 0 bridgehead atoms. The molecular formula is C24H20N2O3S. The summed E-state index contributed by atoms with van der Waals surface area (Å²) in [6.45, 7) is 2.51. The molecule has 0 spiro atoms. The lowest BCUT2D eigenvalue weighted by atomic mass is 10.2. The summed E-state index contributed by atoms with van der Waals surface area (Å²) in [5.74, 6) is 2.08. The third kappa shape index (κ3) is 4.85. The van der Waals surface area contributed by atoms with Crippen molar-refractivity contribution in [2.75, 3.05) is 11.9 Å². The van der Waals surface area contributed by atoms with E-state index in [1.807, 2.05) is 66.9 Å². The van der Waals surface area contributed by atoms with Gasteiger partial charge in [-0.2, -0.15) is 0 Å². The molecular weight excluding hydrogens is 396 g/mol. The maximum absolute atomic E-state index is 12.4. The Morgan fingerprint density at radius 3 is 2.27 bits per heavy atom. The molecule has 1 amide bonds. The minimum absolute atomic E-state index is 0.203. The number of amides is 1. The monoisotopic (exact) mass is 416 g/mol. The molecule has 4 aromatic rings. The van der Waals surface area contributed by atoms with Crippen LogP contribution in [0.1, 0.15) is 17.3 Å². The molecule has 4 rings (SSSR count). The Hall–Kier alpha value is -3.64. The Morgan fingerprint density at radius 1 is 0.900 bits per heavy atom. The third-order valence-corrected chi connectivity index (χ3v) is 5.04. The Morgan fingerprint density at radius 2 is 1.57 bits per heavy atom. The van der Waals surface area contributed by atoms with Gasteiger partial charge in [-0.25, -0.2) is 4.98 Å². The van der Waals surface area contributed by atoms with Crippen LogP contribution in [0.5, 0.6) is 17.2 Å². The molecule has 0 atom stereocenters. The first-order valence-corrected chi connectivity index (χ1v) is 10.4. The van der Waals surface area contributed by atoms with Crippen molar-refractivity contribution in [3.63, 3.8) is 0 Å². The van der Waals surface area contributed by atoms with Crippen LogP contribution in [0, 0.1) is 0 Å². The van der Waals surface area contributed by atoms with Gasteiger partial charge in [0.25, 0.3) is 5.91 Å². The lowest BCUT2D eigenvalue weighted by Crippen LogP contribution is -2.11. The second-order valence-corrected chi connectivity index (χ2v) is 7.25. The predicted octanol–water partition coefficient (Wildman–Crippen LogP) is 6.25. The Kier molecular flexibility index (Phi) is 6.06. The van der Waals surface area contributed by atoms with Gasteiger partial charge >= 0.3 is 0 Å². The molecule has 3 aromatic carbocycles. The quantitative estimate of drug-likeness (QED) is 0.387. The number of nitrogens with one attached hydrogen (secondary N) is 1. The van der Waals surface area contributed by atoms with Crippen LogP contribution < -0.4 is 14.8 Å².